The summed E-state index contributed by atoms with van der Waals surface area (Å²) in [5.74, 6) is 0.500. The van der Waals surface area contributed by atoms with Gasteiger partial charge in [0.25, 0.3) is 5.56 Å². The molecule has 0 spiro atoms. The Balaban J connectivity index is 1.72. The molecule has 0 atom stereocenters. The van der Waals surface area contributed by atoms with Gasteiger partial charge in [0.2, 0.25) is 5.91 Å². The lowest BCUT2D eigenvalue weighted by molar-refractivity contribution is -0.121. The Morgan fingerprint density at radius 2 is 1.93 bits per heavy atom. The number of nitrogens with one attached hydrogen (secondary N) is 1. The van der Waals surface area contributed by atoms with Crippen LogP contribution in [-0.4, -0.2) is 63.5 Å². The maximum atomic E-state index is 12.7. The number of carbonyl (C=O) groups is 1. The van der Waals surface area contributed by atoms with E-state index in [9.17, 15) is 9.59 Å². The minimum Gasteiger partial charge on any atom is -0.497 e. The third-order valence-corrected chi connectivity index (χ3v) is 4.81. The molecule has 1 aromatic carbocycles. The zero-order valence-corrected chi connectivity index (χ0v) is 17.0. The van der Waals surface area contributed by atoms with Gasteiger partial charge < -0.3 is 15.0 Å². The molecule has 9 heteroatoms. The van der Waals surface area contributed by atoms with Gasteiger partial charge in [0.05, 0.1) is 12.8 Å². The van der Waals surface area contributed by atoms with Crippen LogP contribution in [0.15, 0.2) is 41.5 Å². The molecular weight excluding hydrogens is 372 g/mol. The summed E-state index contributed by atoms with van der Waals surface area (Å²) in [7, 11) is 1.60. The Bertz CT molecular complexity index is 1020. The van der Waals surface area contributed by atoms with E-state index in [0.29, 0.717) is 17.8 Å². The molecule has 3 aromatic rings. The van der Waals surface area contributed by atoms with E-state index in [2.05, 4.69) is 34.3 Å². The molecule has 0 aliphatic heterocycles. The van der Waals surface area contributed by atoms with E-state index in [-0.39, 0.29) is 18.0 Å². The first kappa shape index (κ1) is 20.5. The fourth-order valence-electron chi connectivity index (χ4n) is 3.04. The molecule has 2 heterocycles. The highest BCUT2D eigenvalue weighted by atomic mass is 16.5. The van der Waals surface area contributed by atoms with Gasteiger partial charge in [-0.3, -0.25) is 9.59 Å². The number of hydrogen-bond acceptors (Lipinski definition) is 6. The first-order chi connectivity index (χ1) is 14.0. The molecular formula is C20H26N6O3. The van der Waals surface area contributed by atoms with Crippen molar-refractivity contribution < 1.29 is 9.53 Å². The van der Waals surface area contributed by atoms with Crippen molar-refractivity contribution in [2.45, 2.75) is 20.4 Å². The van der Waals surface area contributed by atoms with Crippen LogP contribution in [0, 0.1) is 0 Å². The minimum atomic E-state index is -0.362. The van der Waals surface area contributed by atoms with Crippen LogP contribution in [-0.2, 0) is 11.3 Å². The molecule has 0 fully saturated rings. The molecule has 29 heavy (non-hydrogen) atoms. The van der Waals surface area contributed by atoms with Crippen LogP contribution in [0.1, 0.15) is 13.8 Å². The number of benzene rings is 1. The van der Waals surface area contributed by atoms with Crippen molar-refractivity contribution in [3.8, 4) is 17.0 Å². The quantitative estimate of drug-likeness (QED) is 0.579. The number of likely N-dealkylation sites (N-methyl/N-ethyl adjacent to an activating group) is 1. The van der Waals surface area contributed by atoms with Crippen molar-refractivity contribution in [1.82, 2.24) is 29.6 Å². The minimum absolute atomic E-state index is 0.128. The Labute approximate surface area is 168 Å². The molecule has 1 N–H and O–H groups in total. The van der Waals surface area contributed by atoms with E-state index in [1.807, 2.05) is 24.3 Å². The van der Waals surface area contributed by atoms with Crippen molar-refractivity contribution in [3.05, 3.63) is 47.0 Å². The monoisotopic (exact) mass is 398 g/mol. The molecule has 0 aliphatic rings. The molecule has 9 nitrogen and oxygen atoms in total. The van der Waals surface area contributed by atoms with Gasteiger partial charge in [-0.2, -0.15) is 10.2 Å². The van der Waals surface area contributed by atoms with Crippen molar-refractivity contribution in [3.63, 3.8) is 0 Å². The van der Waals surface area contributed by atoms with E-state index in [1.165, 1.54) is 10.8 Å². The molecule has 0 saturated carbocycles. The average molecular weight is 398 g/mol. The largest absolute Gasteiger partial charge is 0.497 e. The predicted molar refractivity (Wildman–Crippen MR) is 110 cm³/mol. The van der Waals surface area contributed by atoms with Gasteiger partial charge in [-0.25, -0.2) is 9.20 Å². The summed E-state index contributed by atoms with van der Waals surface area (Å²) < 4.78 is 7.74. The molecule has 2 aromatic heterocycles. The van der Waals surface area contributed by atoms with E-state index >= 15 is 0 Å². The highest BCUT2D eigenvalue weighted by Crippen LogP contribution is 2.21. The van der Waals surface area contributed by atoms with Crippen LogP contribution in [0.3, 0.4) is 0 Å². The number of amides is 1. The van der Waals surface area contributed by atoms with Crippen molar-refractivity contribution in [2.24, 2.45) is 0 Å². The number of rotatable bonds is 9. The van der Waals surface area contributed by atoms with Gasteiger partial charge in [0.1, 0.15) is 24.1 Å². The second-order valence-corrected chi connectivity index (χ2v) is 6.56. The summed E-state index contributed by atoms with van der Waals surface area (Å²) in [4.78, 5) is 27.1. The second-order valence-electron chi connectivity index (χ2n) is 6.56. The molecule has 0 aliphatic carbocycles. The summed E-state index contributed by atoms with van der Waals surface area (Å²) in [6, 6.07) is 9.10. The van der Waals surface area contributed by atoms with Gasteiger partial charge in [-0.05, 0) is 43.4 Å². The number of aromatic nitrogens is 4. The Morgan fingerprint density at radius 1 is 1.21 bits per heavy atom. The molecule has 1 amide bonds. The summed E-state index contributed by atoms with van der Waals surface area (Å²) in [5.41, 5.74) is 1.50. The summed E-state index contributed by atoms with van der Waals surface area (Å²) in [6.45, 7) is 7.20. The third kappa shape index (κ3) is 4.80. The topological polar surface area (TPSA) is 93.8 Å². The second kappa shape index (κ2) is 9.33. The lowest BCUT2D eigenvalue weighted by Gasteiger charge is -2.17. The van der Waals surface area contributed by atoms with Crippen molar-refractivity contribution in [2.75, 3.05) is 33.3 Å². The number of hydrogen-bond donors (Lipinski definition) is 1. The van der Waals surface area contributed by atoms with Gasteiger partial charge in [0.15, 0.2) is 0 Å². The SMILES string of the molecule is CCN(CC)CCNC(=O)Cn1ncn2nc(-c3ccc(OC)cc3)cc2c1=O. The first-order valence-corrected chi connectivity index (χ1v) is 9.64. The fraction of sp³-hybridized carbons (Fsp3) is 0.400. The lowest BCUT2D eigenvalue weighted by Crippen LogP contribution is -2.38. The normalized spacial score (nSPS) is 11.2. The molecule has 0 unspecified atom stereocenters. The zero-order chi connectivity index (χ0) is 20.8. The lowest BCUT2D eigenvalue weighted by atomic mass is 10.1. The van der Waals surface area contributed by atoms with Crippen LogP contribution >= 0.6 is 0 Å². The van der Waals surface area contributed by atoms with Gasteiger partial charge >= 0.3 is 0 Å². The maximum absolute atomic E-state index is 12.7. The summed E-state index contributed by atoms with van der Waals surface area (Å²) in [6.07, 6.45) is 1.44. The number of carbonyl (C=O) groups excluding carboxylic acids is 1. The number of ether oxygens (including phenoxy) is 1. The average Bonchev–Trinajstić information content (AvgIpc) is 3.18. The Kier molecular flexibility index (Phi) is 6.61. The first-order valence-electron chi connectivity index (χ1n) is 9.64. The van der Waals surface area contributed by atoms with E-state index in [4.69, 9.17) is 4.74 Å². The Morgan fingerprint density at radius 3 is 2.59 bits per heavy atom. The molecule has 0 saturated heterocycles. The summed E-state index contributed by atoms with van der Waals surface area (Å²) >= 11 is 0. The van der Waals surface area contributed by atoms with E-state index < -0.39 is 0 Å². The molecule has 3 rings (SSSR count). The van der Waals surface area contributed by atoms with E-state index in [1.54, 1.807) is 13.2 Å². The fourth-order valence-corrected chi connectivity index (χ4v) is 3.04. The molecule has 0 bridgehead atoms. The van der Waals surface area contributed by atoms with Crippen LogP contribution in [0.5, 0.6) is 5.75 Å². The predicted octanol–water partition coefficient (Wildman–Crippen LogP) is 1.02. The summed E-state index contributed by atoms with van der Waals surface area (Å²) in [5, 5.41) is 11.3. The molecule has 154 valence electrons. The standard InChI is InChI=1S/C20H26N6O3/c1-4-24(5-2)11-10-21-19(27)13-25-20(28)18-12-17(23-26(18)14-22-25)15-6-8-16(29-3)9-7-15/h6-9,12,14H,4-5,10-11,13H2,1-3H3,(H,21,27). The number of fused-ring (bicyclic) bond motifs is 1. The van der Waals surface area contributed by atoms with Crippen LogP contribution in [0.4, 0.5) is 0 Å². The third-order valence-electron chi connectivity index (χ3n) is 4.81. The highest BCUT2D eigenvalue weighted by molar-refractivity contribution is 5.75. The van der Waals surface area contributed by atoms with Crippen molar-refractivity contribution >= 4 is 11.4 Å². The number of methoxy groups -OCH3 is 1. The van der Waals surface area contributed by atoms with Crippen LogP contribution in [0.25, 0.3) is 16.8 Å². The van der Waals surface area contributed by atoms with E-state index in [0.717, 1.165) is 35.6 Å². The highest BCUT2D eigenvalue weighted by Gasteiger charge is 2.12. The molecule has 0 radical (unpaired) electrons. The smallest absolute Gasteiger partial charge is 0.293 e. The van der Waals surface area contributed by atoms with Gasteiger partial charge in [-0.15, -0.1) is 0 Å². The number of nitrogens with zero attached hydrogens (tertiary/aromatic N) is 5. The maximum Gasteiger partial charge on any atom is 0.293 e. The Hall–Kier alpha value is -3.20. The van der Waals surface area contributed by atoms with Crippen LogP contribution in [0.2, 0.25) is 0 Å². The van der Waals surface area contributed by atoms with Gasteiger partial charge in [-0.1, -0.05) is 13.8 Å². The zero-order valence-electron chi connectivity index (χ0n) is 17.0. The van der Waals surface area contributed by atoms with Crippen molar-refractivity contribution in [1.29, 1.82) is 0 Å². The van der Waals surface area contributed by atoms with Crippen LogP contribution < -0.4 is 15.6 Å². The van der Waals surface area contributed by atoms with Gasteiger partial charge in [0, 0.05) is 18.7 Å².